The molecule has 0 bridgehead atoms. The average molecular weight is 310 g/mol. The van der Waals surface area contributed by atoms with Gasteiger partial charge in [-0.05, 0) is 50.5 Å². The van der Waals surface area contributed by atoms with E-state index in [1.807, 2.05) is 26.8 Å². The summed E-state index contributed by atoms with van der Waals surface area (Å²) >= 11 is 0. The number of hydrogen-bond acceptors (Lipinski definition) is 4. The second kappa shape index (κ2) is 5.99. The fourth-order valence-corrected chi connectivity index (χ4v) is 2.71. The van der Waals surface area contributed by atoms with E-state index in [4.69, 9.17) is 0 Å². The molecular formula is C18H22N4O. The van der Waals surface area contributed by atoms with Gasteiger partial charge in [-0.15, -0.1) is 10.2 Å². The molecule has 23 heavy (non-hydrogen) atoms. The minimum absolute atomic E-state index is 0.194. The molecule has 1 aliphatic heterocycles. The van der Waals surface area contributed by atoms with Gasteiger partial charge in [-0.25, -0.2) is 0 Å². The van der Waals surface area contributed by atoms with E-state index in [-0.39, 0.29) is 11.4 Å². The number of amides is 1. The molecule has 0 radical (unpaired) electrons. The lowest BCUT2D eigenvalue weighted by molar-refractivity contribution is 0.0913. The minimum atomic E-state index is -0.284. The van der Waals surface area contributed by atoms with Crippen molar-refractivity contribution in [2.24, 2.45) is 0 Å². The highest BCUT2D eigenvalue weighted by molar-refractivity contribution is 5.92. The van der Waals surface area contributed by atoms with Crippen molar-refractivity contribution in [3.05, 3.63) is 53.2 Å². The van der Waals surface area contributed by atoms with Crippen molar-refractivity contribution < 1.29 is 4.79 Å². The summed E-state index contributed by atoms with van der Waals surface area (Å²) in [5.41, 5.74) is 2.79. The van der Waals surface area contributed by atoms with Crippen molar-refractivity contribution in [3.8, 4) is 0 Å². The molecule has 5 nitrogen and oxygen atoms in total. The summed E-state index contributed by atoms with van der Waals surface area (Å²) in [5, 5.41) is 11.2. The largest absolute Gasteiger partial charge is 0.350 e. The van der Waals surface area contributed by atoms with Crippen molar-refractivity contribution in [3.63, 3.8) is 0 Å². The lowest BCUT2D eigenvalue weighted by Crippen LogP contribution is -2.41. The summed E-state index contributed by atoms with van der Waals surface area (Å²) < 4.78 is 0. The van der Waals surface area contributed by atoms with Gasteiger partial charge in [-0.2, -0.15) is 0 Å². The third kappa shape index (κ3) is 3.67. The van der Waals surface area contributed by atoms with Gasteiger partial charge in [0.15, 0.2) is 11.5 Å². The zero-order valence-electron chi connectivity index (χ0n) is 13.8. The molecule has 5 heteroatoms. The van der Waals surface area contributed by atoms with Crippen LogP contribution in [0.4, 0.5) is 5.82 Å². The molecule has 120 valence electrons. The van der Waals surface area contributed by atoms with Gasteiger partial charge in [-0.1, -0.05) is 24.3 Å². The number of fused-ring (bicyclic) bond motifs is 1. The van der Waals surface area contributed by atoms with E-state index >= 15 is 0 Å². The Balaban J connectivity index is 1.72. The van der Waals surface area contributed by atoms with Gasteiger partial charge < -0.3 is 10.2 Å². The van der Waals surface area contributed by atoms with E-state index in [9.17, 15) is 4.79 Å². The Kier molecular flexibility index (Phi) is 4.03. The number of carbonyl (C=O) groups is 1. The van der Waals surface area contributed by atoms with Crippen molar-refractivity contribution in [1.82, 2.24) is 15.5 Å². The van der Waals surface area contributed by atoms with Crippen LogP contribution in [0.1, 0.15) is 42.4 Å². The third-order valence-corrected chi connectivity index (χ3v) is 3.83. The van der Waals surface area contributed by atoms with Crippen LogP contribution in [-0.2, 0) is 13.0 Å². The van der Waals surface area contributed by atoms with Gasteiger partial charge in [0.25, 0.3) is 5.91 Å². The molecule has 0 fully saturated rings. The van der Waals surface area contributed by atoms with Crippen LogP contribution < -0.4 is 10.2 Å². The first kappa shape index (κ1) is 15.5. The number of benzene rings is 1. The zero-order chi connectivity index (χ0) is 16.4. The Hall–Kier alpha value is -2.43. The molecule has 0 aliphatic carbocycles. The number of hydrogen-bond donors (Lipinski definition) is 1. The second-order valence-corrected chi connectivity index (χ2v) is 6.92. The van der Waals surface area contributed by atoms with E-state index in [2.05, 4.69) is 44.7 Å². The maximum absolute atomic E-state index is 12.1. The first-order chi connectivity index (χ1) is 10.9. The maximum atomic E-state index is 12.1. The number of aromatic nitrogens is 2. The summed E-state index contributed by atoms with van der Waals surface area (Å²) in [4.78, 5) is 14.3. The fourth-order valence-electron chi connectivity index (χ4n) is 2.71. The molecule has 1 aromatic carbocycles. The molecule has 1 N–H and O–H groups in total. The maximum Gasteiger partial charge on any atom is 0.272 e. The summed E-state index contributed by atoms with van der Waals surface area (Å²) in [6.07, 6.45) is 1.00. The molecule has 2 heterocycles. The Labute approximate surface area is 136 Å². The number of anilines is 1. The van der Waals surface area contributed by atoms with Crippen LogP contribution in [0.3, 0.4) is 0 Å². The van der Waals surface area contributed by atoms with Crippen LogP contribution in [0.25, 0.3) is 0 Å². The van der Waals surface area contributed by atoms with E-state index in [1.54, 1.807) is 6.07 Å². The van der Waals surface area contributed by atoms with E-state index in [0.717, 1.165) is 25.3 Å². The van der Waals surface area contributed by atoms with Crippen molar-refractivity contribution >= 4 is 11.7 Å². The molecule has 0 saturated carbocycles. The van der Waals surface area contributed by atoms with Crippen molar-refractivity contribution in [2.75, 3.05) is 11.4 Å². The van der Waals surface area contributed by atoms with Crippen molar-refractivity contribution in [1.29, 1.82) is 0 Å². The van der Waals surface area contributed by atoms with Crippen LogP contribution in [-0.4, -0.2) is 28.2 Å². The van der Waals surface area contributed by atoms with Gasteiger partial charge >= 0.3 is 0 Å². The minimum Gasteiger partial charge on any atom is -0.350 e. The SMILES string of the molecule is CC(C)(C)NC(=O)c1ccc(N2CCc3ccccc3C2)nn1. The molecule has 0 atom stereocenters. The number of nitrogens with one attached hydrogen (secondary N) is 1. The van der Waals surface area contributed by atoms with Gasteiger partial charge in [0.2, 0.25) is 0 Å². The standard InChI is InChI=1S/C18H22N4O/c1-18(2,3)19-17(23)15-8-9-16(21-20-15)22-11-10-13-6-4-5-7-14(13)12-22/h4-9H,10-12H2,1-3H3,(H,19,23). The molecule has 1 amide bonds. The average Bonchev–Trinajstić information content (AvgIpc) is 2.53. The molecule has 2 aromatic rings. The van der Waals surface area contributed by atoms with E-state index < -0.39 is 0 Å². The van der Waals surface area contributed by atoms with Crippen molar-refractivity contribution in [2.45, 2.75) is 39.3 Å². The van der Waals surface area contributed by atoms with Gasteiger partial charge in [0.05, 0.1) is 0 Å². The summed E-state index contributed by atoms with van der Waals surface area (Å²) in [6.45, 7) is 7.57. The summed E-state index contributed by atoms with van der Waals surface area (Å²) in [6, 6.07) is 12.1. The second-order valence-electron chi connectivity index (χ2n) is 6.92. The monoisotopic (exact) mass is 310 g/mol. The Morgan fingerprint density at radius 1 is 1.09 bits per heavy atom. The summed E-state index contributed by atoms with van der Waals surface area (Å²) in [5.74, 6) is 0.618. The first-order valence-electron chi connectivity index (χ1n) is 7.90. The molecule has 1 aromatic heterocycles. The van der Waals surface area contributed by atoms with Crippen LogP contribution in [0, 0.1) is 0 Å². The van der Waals surface area contributed by atoms with Crippen LogP contribution in [0.15, 0.2) is 36.4 Å². The fraction of sp³-hybridized carbons (Fsp3) is 0.389. The number of nitrogens with zero attached hydrogens (tertiary/aromatic N) is 3. The van der Waals surface area contributed by atoms with Crippen LogP contribution in [0.5, 0.6) is 0 Å². The lowest BCUT2D eigenvalue weighted by atomic mass is 10.00. The molecule has 0 unspecified atom stereocenters. The zero-order valence-corrected chi connectivity index (χ0v) is 13.8. The summed E-state index contributed by atoms with van der Waals surface area (Å²) in [7, 11) is 0. The number of carbonyl (C=O) groups excluding carboxylic acids is 1. The van der Waals surface area contributed by atoms with E-state index in [0.29, 0.717) is 5.69 Å². The topological polar surface area (TPSA) is 58.1 Å². The Bertz CT molecular complexity index is 704. The normalized spacial score (nSPS) is 14.3. The smallest absolute Gasteiger partial charge is 0.272 e. The molecule has 1 aliphatic rings. The highest BCUT2D eigenvalue weighted by atomic mass is 16.2. The van der Waals surface area contributed by atoms with Gasteiger partial charge in [-0.3, -0.25) is 4.79 Å². The van der Waals surface area contributed by atoms with E-state index in [1.165, 1.54) is 11.1 Å². The highest BCUT2D eigenvalue weighted by Crippen LogP contribution is 2.22. The lowest BCUT2D eigenvalue weighted by Gasteiger charge is -2.29. The number of rotatable bonds is 2. The Morgan fingerprint density at radius 2 is 1.83 bits per heavy atom. The van der Waals surface area contributed by atoms with Gasteiger partial charge in [0.1, 0.15) is 0 Å². The van der Waals surface area contributed by atoms with Gasteiger partial charge in [0, 0.05) is 18.6 Å². The first-order valence-corrected chi connectivity index (χ1v) is 7.90. The predicted octanol–water partition coefficient (Wildman–Crippen LogP) is 2.57. The highest BCUT2D eigenvalue weighted by Gasteiger charge is 2.19. The molecule has 0 spiro atoms. The quantitative estimate of drug-likeness (QED) is 0.926. The van der Waals surface area contributed by atoms with Crippen LogP contribution in [0.2, 0.25) is 0 Å². The molecule has 3 rings (SSSR count). The van der Waals surface area contributed by atoms with Crippen LogP contribution >= 0.6 is 0 Å². The molecular weight excluding hydrogens is 288 g/mol. The predicted molar refractivity (Wildman–Crippen MR) is 90.4 cm³/mol. The molecule has 0 saturated heterocycles. The third-order valence-electron chi connectivity index (χ3n) is 3.83. The Morgan fingerprint density at radius 3 is 2.48 bits per heavy atom.